The molecule has 6 aromatic carbocycles. The van der Waals surface area contributed by atoms with E-state index in [9.17, 15) is 0 Å². The van der Waals surface area contributed by atoms with Crippen LogP contribution in [0.3, 0.4) is 0 Å². The summed E-state index contributed by atoms with van der Waals surface area (Å²) in [5.41, 5.74) is 16.1. The van der Waals surface area contributed by atoms with Crippen molar-refractivity contribution in [1.29, 1.82) is 0 Å². The van der Waals surface area contributed by atoms with E-state index in [1.54, 1.807) is 0 Å². The molecule has 1 aliphatic carbocycles. The summed E-state index contributed by atoms with van der Waals surface area (Å²) in [6.07, 6.45) is 9.02. The average molecular weight is 602 g/mol. The van der Waals surface area contributed by atoms with Crippen LogP contribution >= 0.6 is 0 Å². The lowest BCUT2D eigenvalue weighted by Crippen LogP contribution is -2.03. The van der Waals surface area contributed by atoms with Crippen molar-refractivity contribution in [3.63, 3.8) is 0 Å². The summed E-state index contributed by atoms with van der Waals surface area (Å²) in [5, 5.41) is 7.67. The summed E-state index contributed by atoms with van der Waals surface area (Å²) in [4.78, 5) is 0. The van der Waals surface area contributed by atoms with Crippen LogP contribution in [-0.4, -0.2) is 9.13 Å². The van der Waals surface area contributed by atoms with E-state index in [-0.39, 0.29) is 0 Å². The number of nitrogens with zero attached hydrogens (tertiary/aromatic N) is 2. The molecule has 0 amide bonds. The molecule has 47 heavy (non-hydrogen) atoms. The third-order valence-corrected chi connectivity index (χ3v) is 9.98. The van der Waals surface area contributed by atoms with Gasteiger partial charge in [-0.2, -0.15) is 0 Å². The standard InChI is InChI=1S/C44H31N3/c1-3-11-33(12-4-1)46-41-17-9-7-15-35(41)37-23-21-30(26-43(37)46)29-22-24-39-31(25-29)19-20-32-27-44-38(28-40(32)45-39)36-16-8-10-18-42(36)47(44)34-13-5-2-6-14-34/h1-20,22,24-28,45H,21,23H2. The zero-order valence-electron chi connectivity index (χ0n) is 25.8. The molecule has 8 aromatic rings. The highest BCUT2D eigenvalue weighted by Crippen LogP contribution is 2.42. The summed E-state index contributed by atoms with van der Waals surface area (Å²) in [6.45, 7) is 0. The molecule has 3 heteroatoms. The van der Waals surface area contributed by atoms with Gasteiger partial charge in [-0.1, -0.05) is 91.0 Å². The van der Waals surface area contributed by atoms with E-state index < -0.39 is 0 Å². The molecule has 3 heterocycles. The molecule has 10 rings (SSSR count). The predicted octanol–water partition coefficient (Wildman–Crippen LogP) is 11.4. The monoisotopic (exact) mass is 601 g/mol. The van der Waals surface area contributed by atoms with Crippen LogP contribution in [0.25, 0.3) is 67.9 Å². The van der Waals surface area contributed by atoms with Gasteiger partial charge in [-0.05, 0) is 102 Å². The average Bonchev–Trinajstić information content (AvgIpc) is 3.56. The van der Waals surface area contributed by atoms with E-state index in [0.717, 1.165) is 24.2 Å². The third kappa shape index (κ3) is 4.06. The summed E-state index contributed by atoms with van der Waals surface area (Å²) >= 11 is 0. The Balaban J connectivity index is 1.08. The third-order valence-electron chi connectivity index (χ3n) is 9.98. The zero-order valence-corrected chi connectivity index (χ0v) is 25.8. The molecule has 1 N–H and O–H groups in total. The van der Waals surface area contributed by atoms with Crippen LogP contribution in [-0.2, 0) is 6.42 Å². The minimum atomic E-state index is 1.02. The Morgan fingerprint density at radius 2 is 1.11 bits per heavy atom. The molecule has 3 nitrogen and oxygen atoms in total. The lowest BCUT2D eigenvalue weighted by molar-refractivity contribution is 0.980. The fraction of sp³-hybridized carbons (Fsp3) is 0.0455. The highest BCUT2D eigenvalue weighted by Gasteiger charge is 2.22. The summed E-state index contributed by atoms with van der Waals surface area (Å²) in [5.74, 6) is 0. The first-order valence-corrected chi connectivity index (χ1v) is 16.4. The summed E-state index contributed by atoms with van der Waals surface area (Å²) < 4.78 is 4.81. The lowest BCUT2D eigenvalue weighted by atomic mass is 9.90. The van der Waals surface area contributed by atoms with Crippen LogP contribution < -0.4 is 5.32 Å². The van der Waals surface area contributed by atoms with Crippen molar-refractivity contribution < 1.29 is 0 Å². The van der Waals surface area contributed by atoms with Gasteiger partial charge in [0.1, 0.15) is 0 Å². The molecule has 0 saturated carbocycles. The number of anilines is 2. The predicted molar refractivity (Wildman–Crippen MR) is 199 cm³/mol. The lowest BCUT2D eigenvalue weighted by Gasteiger charge is -2.18. The number of benzene rings is 6. The van der Waals surface area contributed by atoms with Gasteiger partial charge in [0.05, 0.1) is 22.2 Å². The first kappa shape index (κ1) is 26.2. The molecule has 0 atom stereocenters. The number of hydrogen-bond donors (Lipinski definition) is 1. The number of para-hydroxylation sites is 4. The molecule has 0 saturated heterocycles. The first-order chi connectivity index (χ1) is 23.3. The largest absolute Gasteiger partial charge is 0.355 e. The Hall–Kier alpha value is -6.06. The van der Waals surface area contributed by atoms with Crippen LogP contribution in [0.5, 0.6) is 0 Å². The Morgan fingerprint density at radius 3 is 1.87 bits per heavy atom. The van der Waals surface area contributed by atoms with Crippen LogP contribution in [0, 0.1) is 0 Å². The van der Waals surface area contributed by atoms with Gasteiger partial charge in [-0.25, -0.2) is 0 Å². The van der Waals surface area contributed by atoms with E-state index in [0.29, 0.717) is 0 Å². The van der Waals surface area contributed by atoms with Crippen LogP contribution in [0.4, 0.5) is 11.4 Å². The maximum Gasteiger partial charge on any atom is 0.0548 e. The van der Waals surface area contributed by atoms with E-state index in [2.05, 4.69) is 172 Å². The van der Waals surface area contributed by atoms with Gasteiger partial charge in [-0.3, -0.25) is 0 Å². The minimum absolute atomic E-state index is 1.02. The molecule has 0 unspecified atom stereocenters. The van der Waals surface area contributed by atoms with E-state index >= 15 is 0 Å². The highest BCUT2D eigenvalue weighted by atomic mass is 15.0. The van der Waals surface area contributed by atoms with Crippen molar-refractivity contribution in [2.24, 2.45) is 0 Å². The molecule has 0 bridgehead atoms. The van der Waals surface area contributed by atoms with Crippen LogP contribution in [0.15, 0.2) is 140 Å². The number of rotatable bonds is 3. The van der Waals surface area contributed by atoms with Crippen molar-refractivity contribution in [3.05, 3.63) is 167 Å². The van der Waals surface area contributed by atoms with Gasteiger partial charge in [-0.15, -0.1) is 0 Å². The number of hydrogen-bond acceptors (Lipinski definition) is 1. The molecule has 0 radical (unpaired) electrons. The van der Waals surface area contributed by atoms with Gasteiger partial charge in [0, 0.05) is 44.5 Å². The van der Waals surface area contributed by atoms with E-state index in [1.165, 1.54) is 77.6 Å². The van der Waals surface area contributed by atoms with Crippen molar-refractivity contribution in [2.75, 3.05) is 5.32 Å². The Labute approximate surface area is 273 Å². The van der Waals surface area contributed by atoms with Crippen LogP contribution in [0.2, 0.25) is 0 Å². The van der Waals surface area contributed by atoms with Gasteiger partial charge < -0.3 is 14.5 Å². The maximum absolute atomic E-state index is 3.81. The molecule has 2 aliphatic rings. The van der Waals surface area contributed by atoms with Gasteiger partial charge in [0.2, 0.25) is 0 Å². The molecule has 1 aliphatic heterocycles. The highest BCUT2D eigenvalue weighted by molar-refractivity contribution is 6.12. The maximum atomic E-state index is 3.81. The minimum Gasteiger partial charge on any atom is -0.355 e. The van der Waals surface area contributed by atoms with Crippen molar-refractivity contribution >= 4 is 67.9 Å². The second-order valence-corrected chi connectivity index (χ2v) is 12.6. The van der Waals surface area contributed by atoms with Gasteiger partial charge in [0.25, 0.3) is 0 Å². The van der Waals surface area contributed by atoms with Crippen molar-refractivity contribution in [3.8, 4) is 11.4 Å². The van der Waals surface area contributed by atoms with Crippen molar-refractivity contribution in [1.82, 2.24) is 9.13 Å². The number of allylic oxidation sites excluding steroid dienone is 1. The number of nitrogens with one attached hydrogen (secondary N) is 1. The van der Waals surface area contributed by atoms with Crippen LogP contribution in [0.1, 0.15) is 34.4 Å². The van der Waals surface area contributed by atoms with Gasteiger partial charge >= 0.3 is 0 Å². The Morgan fingerprint density at radius 1 is 0.468 bits per heavy atom. The number of aryl methyl sites for hydroxylation is 1. The molecular formula is C44H31N3. The normalized spacial score (nSPS) is 13.6. The summed E-state index contributed by atoms with van der Waals surface area (Å²) in [7, 11) is 0. The summed E-state index contributed by atoms with van der Waals surface area (Å²) in [6, 6.07) is 50.5. The second kappa shape index (κ2) is 10.2. The Bertz CT molecular complexity index is 2580. The molecule has 0 fully saturated rings. The second-order valence-electron chi connectivity index (χ2n) is 12.6. The fourth-order valence-electron chi connectivity index (χ4n) is 7.79. The van der Waals surface area contributed by atoms with E-state index in [1.807, 2.05) is 0 Å². The SMILES string of the molecule is C1=Cc2cc3c(cc2Nc2ccc(C4=Cc5c(c6ccccc6n5-c5ccccc5)CC4)cc21)c1ccccc1n3-c1ccccc1. The molecule has 0 spiro atoms. The number of fused-ring (bicyclic) bond motifs is 8. The molecule has 222 valence electrons. The first-order valence-electron chi connectivity index (χ1n) is 16.4. The quantitative estimate of drug-likeness (QED) is 0.214. The smallest absolute Gasteiger partial charge is 0.0548 e. The zero-order chi connectivity index (χ0) is 30.9. The topological polar surface area (TPSA) is 21.9 Å². The van der Waals surface area contributed by atoms with Gasteiger partial charge in [0.15, 0.2) is 0 Å². The Kier molecular flexibility index (Phi) is 5.70. The molecular weight excluding hydrogens is 571 g/mol. The van der Waals surface area contributed by atoms with E-state index in [4.69, 9.17) is 0 Å². The number of aromatic nitrogens is 2. The fourth-order valence-corrected chi connectivity index (χ4v) is 7.79. The molecule has 2 aromatic heterocycles. The van der Waals surface area contributed by atoms with Crippen molar-refractivity contribution in [2.45, 2.75) is 12.8 Å².